The van der Waals surface area contributed by atoms with Gasteiger partial charge in [0.2, 0.25) is 0 Å². The minimum absolute atomic E-state index is 0.341. The van der Waals surface area contributed by atoms with Crippen molar-refractivity contribution in [3.8, 4) is 0 Å². The molecule has 0 radical (unpaired) electrons. The second-order valence-electron chi connectivity index (χ2n) is 8.11. The number of aliphatic hydroxyl groups is 1. The fourth-order valence-electron chi connectivity index (χ4n) is 3.70. The standard InChI is InChI=1S/C30H34O4/c1-3-14-27(31)29(33-22-25-17-10-6-11-18-25)30(34-23-26-19-12-7-13-20-26)28(4-2)32-21-24-15-8-5-9-16-24/h3-13,15-20,27-31H,1-2,14,21-23H2/t27?,28-,29-,30-/m0/s1. The summed E-state index contributed by atoms with van der Waals surface area (Å²) in [5, 5.41) is 11.0. The molecule has 0 saturated carbocycles. The molecule has 0 spiro atoms. The van der Waals surface area contributed by atoms with E-state index in [4.69, 9.17) is 14.2 Å². The Balaban J connectivity index is 1.82. The van der Waals surface area contributed by atoms with E-state index in [0.29, 0.717) is 26.2 Å². The van der Waals surface area contributed by atoms with Crippen molar-refractivity contribution < 1.29 is 19.3 Å². The van der Waals surface area contributed by atoms with Crippen LogP contribution in [0.1, 0.15) is 23.1 Å². The average molecular weight is 459 g/mol. The Morgan fingerprint density at radius 2 is 1.03 bits per heavy atom. The average Bonchev–Trinajstić information content (AvgIpc) is 2.89. The summed E-state index contributed by atoms with van der Waals surface area (Å²) >= 11 is 0. The third-order valence-electron chi connectivity index (χ3n) is 5.52. The molecule has 0 bridgehead atoms. The molecule has 0 fully saturated rings. The van der Waals surface area contributed by atoms with Crippen LogP contribution >= 0.6 is 0 Å². The molecule has 1 unspecified atom stereocenters. The fourth-order valence-corrected chi connectivity index (χ4v) is 3.70. The molecule has 178 valence electrons. The van der Waals surface area contributed by atoms with Crippen molar-refractivity contribution in [3.05, 3.63) is 133 Å². The van der Waals surface area contributed by atoms with E-state index < -0.39 is 24.4 Å². The Labute approximate surface area is 203 Å². The first-order valence-corrected chi connectivity index (χ1v) is 11.6. The van der Waals surface area contributed by atoms with Gasteiger partial charge in [0.25, 0.3) is 0 Å². The molecule has 3 aromatic rings. The highest BCUT2D eigenvalue weighted by molar-refractivity contribution is 5.15. The van der Waals surface area contributed by atoms with E-state index in [1.165, 1.54) is 0 Å². The van der Waals surface area contributed by atoms with E-state index in [0.717, 1.165) is 16.7 Å². The SMILES string of the molecule is C=CCC(O)[C@H](OCc1ccccc1)[C@@H](OCc1ccccc1)[C@H](C=C)OCc1ccccc1. The van der Waals surface area contributed by atoms with Crippen molar-refractivity contribution in [2.45, 2.75) is 50.7 Å². The summed E-state index contributed by atoms with van der Waals surface area (Å²) in [6, 6.07) is 29.7. The normalized spacial score (nSPS) is 14.6. The lowest BCUT2D eigenvalue weighted by Crippen LogP contribution is -2.48. The molecule has 4 nitrogen and oxygen atoms in total. The highest BCUT2D eigenvalue weighted by Gasteiger charge is 2.35. The van der Waals surface area contributed by atoms with Crippen LogP contribution in [0.25, 0.3) is 0 Å². The van der Waals surface area contributed by atoms with E-state index in [9.17, 15) is 5.11 Å². The van der Waals surface area contributed by atoms with Crippen LogP contribution in [0, 0.1) is 0 Å². The molecule has 0 aliphatic carbocycles. The number of hydrogen-bond donors (Lipinski definition) is 1. The lowest BCUT2D eigenvalue weighted by Gasteiger charge is -2.34. The predicted octanol–water partition coefficient (Wildman–Crippen LogP) is 5.87. The van der Waals surface area contributed by atoms with Gasteiger partial charge in [-0.2, -0.15) is 0 Å². The van der Waals surface area contributed by atoms with Gasteiger partial charge in [-0.05, 0) is 23.1 Å². The lowest BCUT2D eigenvalue weighted by molar-refractivity contribution is -0.168. The van der Waals surface area contributed by atoms with Crippen LogP contribution in [-0.2, 0) is 34.0 Å². The summed E-state index contributed by atoms with van der Waals surface area (Å²) in [7, 11) is 0. The third kappa shape index (κ3) is 8.08. The van der Waals surface area contributed by atoms with Crippen LogP contribution in [0.15, 0.2) is 116 Å². The molecule has 4 heteroatoms. The maximum absolute atomic E-state index is 11.0. The molecule has 0 aliphatic heterocycles. The van der Waals surface area contributed by atoms with Gasteiger partial charge in [-0.15, -0.1) is 13.2 Å². The van der Waals surface area contributed by atoms with Gasteiger partial charge in [0.1, 0.15) is 18.3 Å². The summed E-state index contributed by atoms with van der Waals surface area (Å²) < 4.78 is 18.9. The quantitative estimate of drug-likeness (QED) is 0.290. The molecule has 0 amide bonds. The highest BCUT2D eigenvalue weighted by Crippen LogP contribution is 2.22. The summed E-state index contributed by atoms with van der Waals surface area (Å²) in [6.45, 7) is 8.87. The summed E-state index contributed by atoms with van der Waals surface area (Å²) in [5.41, 5.74) is 3.09. The molecule has 3 rings (SSSR count). The predicted molar refractivity (Wildman–Crippen MR) is 136 cm³/mol. The number of rotatable bonds is 15. The molecular formula is C30H34O4. The van der Waals surface area contributed by atoms with Crippen molar-refractivity contribution in [1.29, 1.82) is 0 Å². The smallest absolute Gasteiger partial charge is 0.116 e. The van der Waals surface area contributed by atoms with E-state index in [-0.39, 0.29) is 0 Å². The van der Waals surface area contributed by atoms with Gasteiger partial charge >= 0.3 is 0 Å². The minimum Gasteiger partial charge on any atom is -0.390 e. The van der Waals surface area contributed by atoms with Crippen LogP contribution in [0.5, 0.6) is 0 Å². The van der Waals surface area contributed by atoms with Crippen LogP contribution < -0.4 is 0 Å². The number of benzene rings is 3. The first kappa shape index (κ1) is 25.6. The van der Waals surface area contributed by atoms with Crippen LogP contribution in [0.4, 0.5) is 0 Å². The summed E-state index contributed by atoms with van der Waals surface area (Å²) in [5.74, 6) is 0. The first-order chi connectivity index (χ1) is 16.7. The van der Waals surface area contributed by atoms with E-state index in [1.54, 1.807) is 12.2 Å². The van der Waals surface area contributed by atoms with Gasteiger partial charge in [-0.1, -0.05) is 103 Å². The number of hydrogen-bond acceptors (Lipinski definition) is 4. The minimum atomic E-state index is -0.815. The molecular weight excluding hydrogens is 424 g/mol. The lowest BCUT2D eigenvalue weighted by atomic mass is 9.99. The van der Waals surface area contributed by atoms with E-state index in [1.807, 2.05) is 91.0 Å². The molecule has 0 saturated heterocycles. The maximum atomic E-state index is 11.0. The highest BCUT2D eigenvalue weighted by atomic mass is 16.6. The van der Waals surface area contributed by atoms with E-state index >= 15 is 0 Å². The Kier molecular flexibility index (Phi) is 10.8. The van der Waals surface area contributed by atoms with Crippen LogP contribution in [-0.4, -0.2) is 29.5 Å². The monoisotopic (exact) mass is 458 g/mol. The zero-order chi connectivity index (χ0) is 24.0. The summed E-state index contributed by atoms with van der Waals surface area (Å²) in [6.07, 6.45) is 1.23. The molecule has 34 heavy (non-hydrogen) atoms. The van der Waals surface area contributed by atoms with Gasteiger partial charge < -0.3 is 19.3 Å². The summed E-state index contributed by atoms with van der Waals surface area (Å²) in [4.78, 5) is 0. The Bertz CT molecular complexity index is 959. The van der Waals surface area contributed by atoms with Gasteiger partial charge in [-0.3, -0.25) is 0 Å². The number of ether oxygens (including phenoxy) is 3. The van der Waals surface area contributed by atoms with Crippen molar-refractivity contribution in [2.75, 3.05) is 0 Å². The van der Waals surface area contributed by atoms with E-state index in [2.05, 4.69) is 13.2 Å². The molecule has 0 heterocycles. The molecule has 0 aromatic heterocycles. The molecule has 4 atom stereocenters. The molecule has 0 aliphatic rings. The Morgan fingerprint density at radius 3 is 1.44 bits per heavy atom. The fraction of sp³-hybridized carbons (Fsp3) is 0.267. The Hall–Kier alpha value is -3.02. The van der Waals surface area contributed by atoms with Crippen molar-refractivity contribution in [2.24, 2.45) is 0 Å². The molecule has 3 aromatic carbocycles. The van der Waals surface area contributed by atoms with Gasteiger partial charge in [0, 0.05) is 0 Å². The van der Waals surface area contributed by atoms with Crippen LogP contribution in [0.2, 0.25) is 0 Å². The second kappa shape index (κ2) is 14.3. The van der Waals surface area contributed by atoms with Crippen molar-refractivity contribution in [3.63, 3.8) is 0 Å². The topological polar surface area (TPSA) is 47.9 Å². The first-order valence-electron chi connectivity index (χ1n) is 11.6. The third-order valence-corrected chi connectivity index (χ3v) is 5.52. The maximum Gasteiger partial charge on any atom is 0.116 e. The van der Waals surface area contributed by atoms with Gasteiger partial charge in [0.05, 0.1) is 25.9 Å². The van der Waals surface area contributed by atoms with Gasteiger partial charge in [-0.25, -0.2) is 0 Å². The zero-order valence-electron chi connectivity index (χ0n) is 19.5. The van der Waals surface area contributed by atoms with Crippen molar-refractivity contribution >= 4 is 0 Å². The zero-order valence-corrected chi connectivity index (χ0v) is 19.5. The van der Waals surface area contributed by atoms with Crippen molar-refractivity contribution in [1.82, 2.24) is 0 Å². The van der Waals surface area contributed by atoms with Gasteiger partial charge in [0.15, 0.2) is 0 Å². The Morgan fingerprint density at radius 1 is 0.618 bits per heavy atom. The van der Waals surface area contributed by atoms with Crippen LogP contribution in [0.3, 0.4) is 0 Å². The number of aliphatic hydroxyl groups excluding tert-OH is 1. The second-order valence-corrected chi connectivity index (χ2v) is 8.11. The largest absolute Gasteiger partial charge is 0.390 e. The molecule has 1 N–H and O–H groups in total.